The van der Waals surface area contributed by atoms with Crippen molar-refractivity contribution in [1.82, 2.24) is 0 Å². The molecule has 1 aliphatic rings. The number of amides is 1. The Balaban J connectivity index is 2.14. The third-order valence-electron chi connectivity index (χ3n) is 3.49. The van der Waals surface area contributed by atoms with Crippen molar-refractivity contribution in [3.05, 3.63) is 29.3 Å². The van der Waals surface area contributed by atoms with Crippen molar-refractivity contribution in [1.29, 1.82) is 0 Å². The number of aryl methyl sites for hydroxylation is 1. The number of carboxylic acids is 1. The van der Waals surface area contributed by atoms with E-state index in [9.17, 15) is 9.59 Å². The first-order valence-corrected chi connectivity index (χ1v) is 6.14. The van der Waals surface area contributed by atoms with Crippen molar-refractivity contribution in [2.75, 3.05) is 5.32 Å². The molecule has 0 heterocycles. The molecule has 1 amide bonds. The number of hydrogen-bond donors (Lipinski definition) is 2. The molecule has 1 unspecified atom stereocenters. The van der Waals surface area contributed by atoms with Crippen LogP contribution in [0.15, 0.2) is 18.2 Å². The van der Waals surface area contributed by atoms with Crippen LogP contribution in [0.25, 0.3) is 0 Å². The Morgan fingerprint density at radius 2 is 2.06 bits per heavy atom. The normalized spacial score (nSPS) is 16.1. The Labute approximate surface area is 106 Å². The molecular weight excluding hydrogens is 230 g/mol. The second kappa shape index (κ2) is 4.80. The van der Waals surface area contributed by atoms with Crippen LogP contribution in [0.5, 0.6) is 0 Å². The highest BCUT2D eigenvalue weighted by molar-refractivity contribution is 5.95. The summed E-state index contributed by atoms with van der Waals surface area (Å²) in [7, 11) is 0. The Morgan fingerprint density at radius 1 is 1.39 bits per heavy atom. The molecule has 96 valence electrons. The van der Waals surface area contributed by atoms with Gasteiger partial charge >= 0.3 is 5.97 Å². The summed E-state index contributed by atoms with van der Waals surface area (Å²) in [4.78, 5) is 22.9. The van der Waals surface area contributed by atoms with Crippen molar-refractivity contribution in [3.8, 4) is 0 Å². The van der Waals surface area contributed by atoms with Crippen LogP contribution < -0.4 is 5.32 Å². The lowest BCUT2D eigenvalue weighted by Crippen LogP contribution is -2.22. The molecule has 4 heteroatoms. The molecule has 2 N–H and O–H groups in total. The Hall–Kier alpha value is -1.84. The second-order valence-electron chi connectivity index (χ2n) is 4.95. The van der Waals surface area contributed by atoms with Gasteiger partial charge in [-0.3, -0.25) is 4.79 Å². The molecule has 1 fully saturated rings. The number of carbonyl (C=O) groups is 2. The van der Waals surface area contributed by atoms with E-state index in [0.29, 0.717) is 11.6 Å². The van der Waals surface area contributed by atoms with E-state index in [1.54, 1.807) is 6.07 Å². The minimum absolute atomic E-state index is 0.00196. The number of aromatic carboxylic acids is 1. The van der Waals surface area contributed by atoms with Gasteiger partial charge in [-0.05, 0) is 43.4 Å². The quantitative estimate of drug-likeness (QED) is 0.859. The van der Waals surface area contributed by atoms with E-state index in [4.69, 9.17) is 5.11 Å². The summed E-state index contributed by atoms with van der Waals surface area (Å²) in [5.41, 5.74) is 1.65. The van der Waals surface area contributed by atoms with Gasteiger partial charge in [0.05, 0.1) is 5.56 Å². The number of nitrogens with one attached hydrogen (secondary N) is 1. The zero-order valence-corrected chi connectivity index (χ0v) is 10.6. The van der Waals surface area contributed by atoms with Crippen LogP contribution >= 0.6 is 0 Å². The first kappa shape index (κ1) is 12.6. The highest BCUT2D eigenvalue weighted by Gasteiger charge is 2.32. The number of hydrogen-bond acceptors (Lipinski definition) is 2. The predicted octanol–water partition coefficient (Wildman–Crippen LogP) is 2.68. The summed E-state index contributed by atoms with van der Waals surface area (Å²) in [5.74, 6) is -0.519. The topological polar surface area (TPSA) is 66.4 Å². The molecule has 1 aromatic rings. The standard InChI is InChI=1S/C14H17NO3/c1-8-3-4-11(14(17)18)7-12(8)15-13(16)9(2)10-5-6-10/h3-4,7,9-10H,5-6H2,1-2H3,(H,15,16)(H,17,18). The largest absolute Gasteiger partial charge is 0.478 e. The van der Waals surface area contributed by atoms with Crippen molar-refractivity contribution in [3.63, 3.8) is 0 Å². The van der Waals surface area contributed by atoms with Crippen LogP contribution in [0.3, 0.4) is 0 Å². The summed E-state index contributed by atoms with van der Waals surface area (Å²) in [6, 6.07) is 4.76. The number of carbonyl (C=O) groups excluding carboxylic acids is 1. The van der Waals surface area contributed by atoms with Gasteiger partial charge in [0.1, 0.15) is 0 Å². The van der Waals surface area contributed by atoms with E-state index < -0.39 is 5.97 Å². The zero-order chi connectivity index (χ0) is 13.3. The Morgan fingerprint density at radius 3 is 2.61 bits per heavy atom. The molecule has 1 saturated carbocycles. The molecule has 0 radical (unpaired) electrons. The van der Waals surface area contributed by atoms with Gasteiger partial charge < -0.3 is 10.4 Å². The maximum absolute atomic E-state index is 12.0. The number of anilines is 1. The number of rotatable bonds is 4. The summed E-state index contributed by atoms with van der Waals surface area (Å²) in [5, 5.41) is 11.8. The SMILES string of the molecule is Cc1ccc(C(=O)O)cc1NC(=O)C(C)C1CC1. The predicted molar refractivity (Wildman–Crippen MR) is 68.7 cm³/mol. The van der Waals surface area contributed by atoms with Crippen LogP contribution in [0.4, 0.5) is 5.69 Å². The maximum atomic E-state index is 12.0. The van der Waals surface area contributed by atoms with Crippen molar-refractivity contribution >= 4 is 17.6 Å². The van der Waals surface area contributed by atoms with E-state index >= 15 is 0 Å². The van der Waals surface area contributed by atoms with Crippen molar-refractivity contribution < 1.29 is 14.7 Å². The van der Waals surface area contributed by atoms with Crippen LogP contribution in [0.1, 0.15) is 35.7 Å². The molecule has 4 nitrogen and oxygen atoms in total. The molecule has 0 aliphatic heterocycles. The van der Waals surface area contributed by atoms with E-state index in [0.717, 1.165) is 18.4 Å². The molecule has 2 rings (SSSR count). The van der Waals surface area contributed by atoms with Crippen LogP contribution in [-0.2, 0) is 4.79 Å². The lowest BCUT2D eigenvalue weighted by Gasteiger charge is -2.13. The fraction of sp³-hybridized carbons (Fsp3) is 0.429. The van der Waals surface area contributed by atoms with E-state index in [-0.39, 0.29) is 17.4 Å². The van der Waals surface area contributed by atoms with Gasteiger partial charge in [-0.2, -0.15) is 0 Å². The summed E-state index contributed by atoms with van der Waals surface area (Å²) >= 11 is 0. The van der Waals surface area contributed by atoms with Gasteiger partial charge in [0.15, 0.2) is 0 Å². The molecule has 1 atom stereocenters. The molecule has 0 saturated heterocycles. The van der Waals surface area contributed by atoms with Gasteiger partial charge in [-0.25, -0.2) is 4.79 Å². The molecule has 0 aromatic heterocycles. The molecule has 1 aromatic carbocycles. The number of carboxylic acid groups (broad SMARTS) is 1. The smallest absolute Gasteiger partial charge is 0.335 e. The van der Waals surface area contributed by atoms with Gasteiger partial charge in [0, 0.05) is 11.6 Å². The van der Waals surface area contributed by atoms with Gasteiger partial charge in [-0.15, -0.1) is 0 Å². The molecule has 0 spiro atoms. The second-order valence-corrected chi connectivity index (χ2v) is 4.95. The summed E-state index contributed by atoms with van der Waals surface area (Å²) < 4.78 is 0. The average Bonchev–Trinajstić information content (AvgIpc) is 3.14. The van der Waals surface area contributed by atoms with Crippen molar-refractivity contribution in [2.45, 2.75) is 26.7 Å². The monoisotopic (exact) mass is 247 g/mol. The minimum atomic E-state index is -0.985. The number of benzene rings is 1. The Bertz CT molecular complexity index is 492. The zero-order valence-electron chi connectivity index (χ0n) is 10.6. The van der Waals surface area contributed by atoms with Crippen molar-refractivity contribution in [2.24, 2.45) is 11.8 Å². The fourth-order valence-electron chi connectivity index (χ4n) is 1.95. The van der Waals surface area contributed by atoms with Crippen LogP contribution in [0.2, 0.25) is 0 Å². The van der Waals surface area contributed by atoms with Crippen LogP contribution in [0, 0.1) is 18.8 Å². The maximum Gasteiger partial charge on any atom is 0.335 e. The molecule has 0 bridgehead atoms. The first-order chi connectivity index (χ1) is 8.49. The summed E-state index contributed by atoms with van der Waals surface area (Å²) in [6.45, 7) is 3.77. The minimum Gasteiger partial charge on any atom is -0.478 e. The highest BCUT2D eigenvalue weighted by atomic mass is 16.4. The highest BCUT2D eigenvalue weighted by Crippen LogP contribution is 2.37. The third kappa shape index (κ3) is 2.70. The fourth-order valence-corrected chi connectivity index (χ4v) is 1.95. The lowest BCUT2D eigenvalue weighted by molar-refractivity contribution is -0.119. The Kier molecular flexibility index (Phi) is 3.36. The van der Waals surface area contributed by atoms with Gasteiger partial charge in [-0.1, -0.05) is 13.0 Å². The molecular formula is C14H17NO3. The third-order valence-corrected chi connectivity index (χ3v) is 3.49. The van der Waals surface area contributed by atoms with Gasteiger partial charge in [0.2, 0.25) is 5.91 Å². The average molecular weight is 247 g/mol. The van der Waals surface area contributed by atoms with Crippen LogP contribution in [-0.4, -0.2) is 17.0 Å². The lowest BCUT2D eigenvalue weighted by atomic mass is 10.0. The van der Waals surface area contributed by atoms with Gasteiger partial charge in [0.25, 0.3) is 0 Å². The van der Waals surface area contributed by atoms with E-state index in [2.05, 4.69) is 5.32 Å². The van der Waals surface area contributed by atoms with E-state index in [1.165, 1.54) is 12.1 Å². The molecule has 18 heavy (non-hydrogen) atoms. The molecule has 1 aliphatic carbocycles. The first-order valence-electron chi connectivity index (χ1n) is 6.14. The summed E-state index contributed by atoms with van der Waals surface area (Å²) in [6.07, 6.45) is 2.23. The van der Waals surface area contributed by atoms with E-state index in [1.807, 2.05) is 13.8 Å².